The highest BCUT2D eigenvalue weighted by Gasteiger charge is 2.04. The van der Waals surface area contributed by atoms with Crippen molar-refractivity contribution >= 4 is 0 Å². The summed E-state index contributed by atoms with van der Waals surface area (Å²) in [5.74, 6) is 0.875. The summed E-state index contributed by atoms with van der Waals surface area (Å²) in [7, 11) is 0. The van der Waals surface area contributed by atoms with E-state index in [-0.39, 0.29) is 0 Å². The second-order valence-electron chi connectivity index (χ2n) is 4.74. The summed E-state index contributed by atoms with van der Waals surface area (Å²) in [4.78, 5) is 0. The Hall–Kier alpha value is -0.0800. The van der Waals surface area contributed by atoms with Crippen molar-refractivity contribution in [2.45, 2.75) is 65.3 Å². The first kappa shape index (κ1) is 14.9. The third-order valence-electron chi connectivity index (χ3n) is 2.99. The Balaban J connectivity index is 3.30. The number of nitrogens with one attached hydrogen (secondary N) is 1. The van der Waals surface area contributed by atoms with E-state index in [1.54, 1.807) is 0 Å². The lowest BCUT2D eigenvalue weighted by molar-refractivity contribution is 0.415. The van der Waals surface area contributed by atoms with Crippen molar-refractivity contribution < 1.29 is 0 Å². The van der Waals surface area contributed by atoms with Crippen LogP contribution in [0, 0.1) is 5.92 Å². The van der Waals surface area contributed by atoms with E-state index in [4.69, 9.17) is 5.73 Å². The molecule has 0 radical (unpaired) electrons. The van der Waals surface area contributed by atoms with Gasteiger partial charge in [-0.2, -0.15) is 0 Å². The van der Waals surface area contributed by atoms with E-state index in [9.17, 15) is 0 Å². The van der Waals surface area contributed by atoms with Crippen molar-refractivity contribution in [3.8, 4) is 0 Å². The van der Waals surface area contributed by atoms with Crippen LogP contribution in [-0.2, 0) is 0 Å². The summed E-state index contributed by atoms with van der Waals surface area (Å²) in [5.41, 5.74) is 5.70. The molecule has 0 aliphatic carbocycles. The van der Waals surface area contributed by atoms with Crippen molar-refractivity contribution in [3.05, 3.63) is 0 Å². The second kappa shape index (κ2) is 10.4. The minimum Gasteiger partial charge on any atom is -0.328 e. The SMILES string of the molecule is CCCCC(CC)CNCCCC(C)N. The molecule has 0 saturated carbocycles. The molecule has 0 bridgehead atoms. The lowest BCUT2D eigenvalue weighted by atomic mass is 9.99. The summed E-state index contributed by atoms with van der Waals surface area (Å²) in [6.45, 7) is 8.96. The summed E-state index contributed by atoms with van der Waals surface area (Å²) in [6.07, 6.45) is 7.73. The van der Waals surface area contributed by atoms with Gasteiger partial charge in [0.25, 0.3) is 0 Å². The fraction of sp³-hybridized carbons (Fsp3) is 1.00. The van der Waals surface area contributed by atoms with Gasteiger partial charge in [-0.3, -0.25) is 0 Å². The average Bonchev–Trinajstić information content (AvgIpc) is 2.21. The Bertz CT molecular complexity index is 124. The van der Waals surface area contributed by atoms with E-state index in [1.807, 2.05) is 0 Å². The van der Waals surface area contributed by atoms with Gasteiger partial charge in [0.05, 0.1) is 0 Å². The van der Waals surface area contributed by atoms with E-state index in [0.717, 1.165) is 18.9 Å². The van der Waals surface area contributed by atoms with Gasteiger partial charge in [-0.25, -0.2) is 0 Å². The van der Waals surface area contributed by atoms with Crippen LogP contribution in [0.5, 0.6) is 0 Å². The molecule has 3 N–H and O–H groups in total. The van der Waals surface area contributed by atoms with Crippen LogP contribution in [0.3, 0.4) is 0 Å². The van der Waals surface area contributed by atoms with Crippen molar-refractivity contribution in [1.82, 2.24) is 5.32 Å². The minimum atomic E-state index is 0.355. The van der Waals surface area contributed by atoms with Gasteiger partial charge in [0.2, 0.25) is 0 Å². The first-order chi connectivity index (χ1) is 7.20. The van der Waals surface area contributed by atoms with Gasteiger partial charge < -0.3 is 11.1 Å². The average molecular weight is 214 g/mol. The molecule has 2 unspecified atom stereocenters. The quantitative estimate of drug-likeness (QED) is 0.549. The molecule has 0 aliphatic heterocycles. The fourth-order valence-corrected chi connectivity index (χ4v) is 1.80. The Morgan fingerprint density at radius 1 is 1.13 bits per heavy atom. The molecule has 0 saturated heterocycles. The summed E-state index contributed by atoms with van der Waals surface area (Å²) in [5, 5.41) is 3.55. The largest absolute Gasteiger partial charge is 0.328 e. The zero-order valence-electron chi connectivity index (χ0n) is 10.9. The van der Waals surface area contributed by atoms with Crippen LogP contribution < -0.4 is 11.1 Å². The van der Waals surface area contributed by atoms with Crippen molar-refractivity contribution in [1.29, 1.82) is 0 Å². The second-order valence-corrected chi connectivity index (χ2v) is 4.74. The third kappa shape index (κ3) is 10.2. The van der Waals surface area contributed by atoms with Crippen LogP contribution in [0.25, 0.3) is 0 Å². The lowest BCUT2D eigenvalue weighted by Gasteiger charge is -2.15. The van der Waals surface area contributed by atoms with E-state index in [0.29, 0.717) is 6.04 Å². The van der Waals surface area contributed by atoms with Gasteiger partial charge in [-0.15, -0.1) is 0 Å². The zero-order valence-corrected chi connectivity index (χ0v) is 10.9. The molecule has 0 rings (SSSR count). The standard InChI is InChI=1S/C13H30N2/c1-4-6-9-13(5-2)11-15-10-7-8-12(3)14/h12-13,15H,4-11,14H2,1-3H3. The normalized spacial score (nSPS) is 15.2. The number of hydrogen-bond donors (Lipinski definition) is 2. The Morgan fingerprint density at radius 3 is 2.40 bits per heavy atom. The molecule has 0 aromatic rings. The zero-order chi connectivity index (χ0) is 11.5. The molecular weight excluding hydrogens is 184 g/mol. The van der Waals surface area contributed by atoms with Gasteiger partial charge in [0.1, 0.15) is 0 Å². The van der Waals surface area contributed by atoms with E-state index >= 15 is 0 Å². The molecule has 0 aromatic heterocycles. The smallest absolute Gasteiger partial charge is 0.00109 e. The topological polar surface area (TPSA) is 38.0 Å². The number of hydrogen-bond acceptors (Lipinski definition) is 2. The van der Waals surface area contributed by atoms with Crippen molar-refractivity contribution in [2.75, 3.05) is 13.1 Å². The maximum atomic E-state index is 5.70. The molecule has 92 valence electrons. The first-order valence-corrected chi connectivity index (χ1v) is 6.66. The van der Waals surface area contributed by atoms with Crippen LogP contribution in [0.1, 0.15) is 59.3 Å². The Kier molecular flexibility index (Phi) is 10.4. The first-order valence-electron chi connectivity index (χ1n) is 6.66. The molecule has 2 atom stereocenters. The van der Waals surface area contributed by atoms with E-state index < -0.39 is 0 Å². The molecule has 0 heterocycles. The molecule has 0 spiro atoms. The highest BCUT2D eigenvalue weighted by Crippen LogP contribution is 2.11. The van der Waals surface area contributed by atoms with E-state index in [2.05, 4.69) is 26.1 Å². The molecule has 2 heteroatoms. The lowest BCUT2D eigenvalue weighted by Crippen LogP contribution is -2.25. The van der Waals surface area contributed by atoms with Crippen molar-refractivity contribution in [3.63, 3.8) is 0 Å². The predicted octanol–water partition coefficient (Wildman–Crippen LogP) is 2.92. The van der Waals surface area contributed by atoms with Gasteiger partial charge >= 0.3 is 0 Å². The summed E-state index contributed by atoms with van der Waals surface area (Å²) < 4.78 is 0. The predicted molar refractivity (Wildman–Crippen MR) is 69.1 cm³/mol. The molecule has 0 amide bonds. The maximum absolute atomic E-state index is 5.70. The van der Waals surface area contributed by atoms with Crippen molar-refractivity contribution in [2.24, 2.45) is 11.7 Å². The highest BCUT2D eigenvalue weighted by atomic mass is 14.9. The molecule has 2 nitrogen and oxygen atoms in total. The number of rotatable bonds is 10. The number of unbranched alkanes of at least 4 members (excludes halogenated alkanes) is 1. The van der Waals surface area contributed by atoms with Crippen LogP contribution >= 0.6 is 0 Å². The Labute approximate surface area is 96.0 Å². The molecule has 0 fully saturated rings. The van der Waals surface area contributed by atoms with Crippen LogP contribution in [0.15, 0.2) is 0 Å². The minimum absolute atomic E-state index is 0.355. The monoisotopic (exact) mass is 214 g/mol. The van der Waals surface area contributed by atoms with Gasteiger partial charge in [-0.05, 0) is 45.2 Å². The molecular formula is C13H30N2. The van der Waals surface area contributed by atoms with Gasteiger partial charge in [0.15, 0.2) is 0 Å². The molecule has 0 aliphatic rings. The third-order valence-corrected chi connectivity index (χ3v) is 2.99. The maximum Gasteiger partial charge on any atom is 0.00109 e. The van der Waals surface area contributed by atoms with E-state index in [1.165, 1.54) is 38.6 Å². The Morgan fingerprint density at radius 2 is 1.87 bits per heavy atom. The summed E-state index contributed by atoms with van der Waals surface area (Å²) in [6, 6.07) is 0.355. The van der Waals surface area contributed by atoms with Crippen LogP contribution in [0.4, 0.5) is 0 Å². The fourth-order valence-electron chi connectivity index (χ4n) is 1.80. The highest BCUT2D eigenvalue weighted by molar-refractivity contribution is 4.62. The van der Waals surface area contributed by atoms with Gasteiger partial charge in [-0.1, -0.05) is 33.1 Å². The summed E-state index contributed by atoms with van der Waals surface area (Å²) >= 11 is 0. The van der Waals surface area contributed by atoms with Crippen LogP contribution in [0.2, 0.25) is 0 Å². The molecule has 0 aromatic carbocycles. The molecule has 15 heavy (non-hydrogen) atoms. The number of nitrogens with two attached hydrogens (primary N) is 1. The van der Waals surface area contributed by atoms with Gasteiger partial charge in [0, 0.05) is 6.04 Å². The van der Waals surface area contributed by atoms with Crippen LogP contribution in [-0.4, -0.2) is 19.1 Å².